The summed E-state index contributed by atoms with van der Waals surface area (Å²) in [7, 11) is 0. The molecule has 1 nitrogen and oxygen atoms in total. The molecular formula is C18H17N. The van der Waals surface area contributed by atoms with Crippen molar-refractivity contribution in [2.24, 2.45) is 4.99 Å². The van der Waals surface area contributed by atoms with Crippen molar-refractivity contribution in [1.29, 1.82) is 0 Å². The fraction of sp³-hybridized carbons (Fsp3) is 0.167. The van der Waals surface area contributed by atoms with Crippen LogP contribution in [-0.2, 0) is 0 Å². The minimum Gasteiger partial charge on any atom is -0.260 e. The first-order valence-electron chi connectivity index (χ1n) is 6.62. The van der Waals surface area contributed by atoms with Crippen LogP contribution in [0.1, 0.15) is 28.7 Å². The summed E-state index contributed by atoms with van der Waals surface area (Å²) in [5.74, 6) is 0. The SMILES string of the molecule is Cc1cccc(C2=CN=C(c3cccc(C)c3)C2)c1. The minimum absolute atomic E-state index is 0.924. The largest absolute Gasteiger partial charge is 0.260 e. The molecule has 0 amide bonds. The Labute approximate surface area is 114 Å². The molecule has 1 aliphatic rings. The topological polar surface area (TPSA) is 12.4 Å². The van der Waals surface area contributed by atoms with E-state index < -0.39 is 0 Å². The van der Waals surface area contributed by atoms with Gasteiger partial charge in [0.2, 0.25) is 0 Å². The molecule has 0 atom stereocenters. The van der Waals surface area contributed by atoms with Crippen LogP contribution in [0.25, 0.3) is 5.57 Å². The highest BCUT2D eigenvalue weighted by molar-refractivity contribution is 6.09. The van der Waals surface area contributed by atoms with Crippen LogP contribution in [0.3, 0.4) is 0 Å². The average molecular weight is 247 g/mol. The highest BCUT2D eigenvalue weighted by Gasteiger charge is 2.13. The fourth-order valence-corrected chi connectivity index (χ4v) is 2.45. The molecule has 0 saturated carbocycles. The van der Waals surface area contributed by atoms with E-state index >= 15 is 0 Å². The Balaban J connectivity index is 1.83. The van der Waals surface area contributed by atoms with Gasteiger partial charge in [-0.3, -0.25) is 4.99 Å². The van der Waals surface area contributed by atoms with Gasteiger partial charge in [0.1, 0.15) is 0 Å². The minimum atomic E-state index is 0.924. The molecule has 3 rings (SSSR count). The summed E-state index contributed by atoms with van der Waals surface area (Å²) < 4.78 is 0. The fourth-order valence-electron chi connectivity index (χ4n) is 2.45. The van der Waals surface area contributed by atoms with Crippen molar-refractivity contribution in [2.45, 2.75) is 20.3 Å². The Hall–Kier alpha value is -2.15. The van der Waals surface area contributed by atoms with Crippen LogP contribution in [0, 0.1) is 13.8 Å². The van der Waals surface area contributed by atoms with Gasteiger partial charge < -0.3 is 0 Å². The molecule has 0 N–H and O–H groups in total. The quantitative estimate of drug-likeness (QED) is 0.739. The van der Waals surface area contributed by atoms with Gasteiger partial charge in [0.05, 0.1) is 5.71 Å². The van der Waals surface area contributed by atoms with Gasteiger partial charge in [-0.2, -0.15) is 0 Å². The van der Waals surface area contributed by atoms with E-state index in [4.69, 9.17) is 0 Å². The van der Waals surface area contributed by atoms with E-state index in [2.05, 4.69) is 67.4 Å². The van der Waals surface area contributed by atoms with E-state index in [0.717, 1.165) is 6.42 Å². The van der Waals surface area contributed by atoms with Crippen LogP contribution in [0.2, 0.25) is 0 Å². The van der Waals surface area contributed by atoms with Gasteiger partial charge in [0, 0.05) is 12.6 Å². The third-order valence-electron chi connectivity index (χ3n) is 3.47. The van der Waals surface area contributed by atoms with Gasteiger partial charge in [0.15, 0.2) is 0 Å². The highest BCUT2D eigenvalue weighted by Crippen LogP contribution is 2.26. The molecule has 0 saturated heterocycles. The highest BCUT2D eigenvalue weighted by atomic mass is 14.7. The summed E-state index contributed by atoms with van der Waals surface area (Å²) in [6.45, 7) is 4.25. The van der Waals surface area contributed by atoms with Gasteiger partial charge in [-0.25, -0.2) is 0 Å². The molecule has 0 aromatic heterocycles. The summed E-state index contributed by atoms with van der Waals surface area (Å²) >= 11 is 0. The number of hydrogen-bond acceptors (Lipinski definition) is 1. The number of hydrogen-bond donors (Lipinski definition) is 0. The lowest BCUT2D eigenvalue weighted by atomic mass is 9.98. The molecule has 0 fully saturated rings. The first-order valence-corrected chi connectivity index (χ1v) is 6.62. The summed E-state index contributed by atoms with van der Waals surface area (Å²) in [6.07, 6.45) is 2.93. The molecular weight excluding hydrogens is 230 g/mol. The van der Waals surface area contributed by atoms with Crippen molar-refractivity contribution in [2.75, 3.05) is 0 Å². The molecule has 0 aliphatic carbocycles. The van der Waals surface area contributed by atoms with Crippen LogP contribution < -0.4 is 0 Å². The first kappa shape index (κ1) is 11.9. The Bertz CT molecular complexity index is 618. The van der Waals surface area contributed by atoms with Crippen LogP contribution in [0.4, 0.5) is 0 Å². The predicted octanol–water partition coefficient (Wildman–Crippen LogP) is 4.54. The predicted molar refractivity (Wildman–Crippen MR) is 81.5 cm³/mol. The van der Waals surface area contributed by atoms with Crippen molar-refractivity contribution < 1.29 is 0 Å². The molecule has 94 valence electrons. The maximum absolute atomic E-state index is 4.59. The lowest BCUT2D eigenvalue weighted by molar-refractivity contribution is 1.40. The van der Waals surface area contributed by atoms with Crippen molar-refractivity contribution in [3.63, 3.8) is 0 Å². The first-order chi connectivity index (χ1) is 9.22. The molecule has 2 aromatic carbocycles. The van der Waals surface area contributed by atoms with Crippen LogP contribution in [0.15, 0.2) is 59.7 Å². The van der Waals surface area contributed by atoms with Gasteiger partial charge in [-0.15, -0.1) is 0 Å². The summed E-state index contributed by atoms with van der Waals surface area (Å²) in [5.41, 5.74) is 7.57. The number of aliphatic imine (C=N–C) groups is 1. The zero-order valence-electron chi connectivity index (χ0n) is 11.4. The second-order valence-electron chi connectivity index (χ2n) is 5.15. The van der Waals surface area contributed by atoms with E-state index in [0.29, 0.717) is 0 Å². The van der Waals surface area contributed by atoms with Gasteiger partial charge in [-0.05, 0) is 30.5 Å². The van der Waals surface area contributed by atoms with Crippen LogP contribution in [-0.4, -0.2) is 5.71 Å². The molecule has 1 aliphatic heterocycles. The maximum Gasteiger partial charge on any atom is 0.0520 e. The van der Waals surface area contributed by atoms with Gasteiger partial charge in [-0.1, -0.05) is 59.7 Å². The van der Waals surface area contributed by atoms with Gasteiger partial charge >= 0.3 is 0 Å². The number of rotatable bonds is 2. The number of aryl methyl sites for hydroxylation is 2. The van der Waals surface area contributed by atoms with Crippen molar-refractivity contribution in [3.05, 3.63) is 77.0 Å². The Morgan fingerprint density at radius 3 is 2.16 bits per heavy atom. The Morgan fingerprint density at radius 1 is 0.842 bits per heavy atom. The average Bonchev–Trinajstić information content (AvgIpc) is 2.88. The molecule has 1 heterocycles. The molecule has 0 bridgehead atoms. The van der Waals surface area contributed by atoms with E-state index in [1.807, 2.05) is 6.20 Å². The Kier molecular flexibility index (Phi) is 3.04. The molecule has 0 radical (unpaired) electrons. The monoisotopic (exact) mass is 247 g/mol. The molecule has 2 aromatic rings. The molecule has 1 heteroatoms. The van der Waals surface area contributed by atoms with Gasteiger partial charge in [0.25, 0.3) is 0 Å². The molecule has 19 heavy (non-hydrogen) atoms. The molecule has 0 spiro atoms. The van der Waals surface area contributed by atoms with E-state index in [1.54, 1.807) is 0 Å². The number of allylic oxidation sites excluding steroid dienone is 1. The standard InChI is InChI=1S/C18H17N/c1-13-5-3-7-15(9-13)17-11-18(19-12-17)16-8-4-6-14(2)10-16/h3-10,12H,11H2,1-2H3. The van der Waals surface area contributed by atoms with Crippen molar-refractivity contribution >= 4 is 11.3 Å². The molecule has 0 unspecified atom stereocenters. The lowest BCUT2D eigenvalue weighted by Gasteiger charge is -2.05. The number of benzene rings is 2. The summed E-state index contributed by atoms with van der Waals surface area (Å²) in [4.78, 5) is 4.59. The third kappa shape index (κ3) is 2.50. The van der Waals surface area contributed by atoms with Crippen LogP contribution >= 0.6 is 0 Å². The maximum atomic E-state index is 4.59. The summed E-state index contributed by atoms with van der Waals surface area (Å²) in [6, 6.07) is 17.2. The zero-order valence-corrected chi connectivity index (χ0v) is 11.4. The van der Waals surface area contributed by atoms with Crippen molar-refractivity contribution in [3.8, 4) is 0 Å². The zero-order chi connectivity index (χ0) is 13.2. The lowest BCUT2D eigenvalue weighted by Crippen LogP contribution is -1.98. The Morgan fingerprint density at radius 2 is 1.47 bits per heavy atom. The van der Waals surface area contributed by atoms with E-state index in [1.165, 1.54) is 33.5 Å². The second-order valence-corrected chi connectivity index (χ2v) is 5.15. The van der Waals surface area contributed by atoms with E-state index in [9.17, 15) is 0 Å². The smallest absolute Gasteiger partial charge is 0.0520 e. The van der Waals surface area contributed by atoms with Crippen LogP contribution in [0.5, 0.6) is 0 Å². The second kappa shape index (κ2) is 4.85. The van der Waals surface area contributed by atoms with E-state index in [-0.39, 0.29) is 0 Å². The normalized spacial score (nSPS) is 14.2. The van der Waals surface area contributed by atoms with Crippen molar-refractivity contribution in [1.82, 2.24) is 0 Å². The summed E-state index contributed by atoms with van der Waals surface area (Å²) in [5, 5.41) is 0. The third-order valence-corrected chi connectivity index (χ3v) is 3.47. The number of nitrogens with zero attached hydrogens (tertiary/aromatic N) is 1.